The number of carbonyl (C=O) groups is 1. The Kier molecular flexibility index (Phi) is 6.03. The van der Waals surface area contributed by atoms with Gasteiger partial charge in [-0.2, -0.15) is 0 Å². The third-order valence-electron chi connectivity index (χ3n) is 3.83. The van der Waals surface area contributed by atoms with Crippen molar-refractivity contribution in [3.8, 4) is 5.75 Å². The van der Waals surface area contributed by atoms with Crippen molar-refractivity contribution in [2.24, 2.45) is 0 Å². The van der Waals surface area contributed by atoms with Crippen LogP contribution in [-0.4, -0.2) is 17.2 Å². The number of aryl methyl sites for hydroxylation is 1. The Hall–Kier alpha value is -2.49. The predicted molar refractivity (Wildman–Crippen MR) is 92.4 cm³/mol. The molecule has 2 aromatic rings. The minimum atomic E-state index is -0.153. The average molecular weight is 312 g/mol. The van der Waals surface area contributed by atoms with Crippen LogP contribution in [0.25, 0.3) is 0 Å². The number of amides is 2. The lowest BCUT2D eigenvalue weighted by atomic mass is 10.1. The quantitative estimate of drug-likeness (QED) is 0.760. The Morgan fingerprint density at radius 1 is 1.00 bits per heavy atom. The molecule has 0 saturated heterocycles. The summed E-state index contributed by atoms with van der Waals surface area (Å²) in [5.74, 6) is 0.272. The van der Waals surface area contributed by atoms with E-state index in [0.717, 1.165) is 24.0 Å². The first-order valence-corrected chi connectivity index (χ1v) is 7.94. The Bertz CT molecular complexity index is 611. The number of urea groups is 1. The normalized spacial score (nSPS) is 13.1. The van der Waals surface area contributed by atoms with Gasteiger partial charge >= 0.3 is 6.03 Å². The molecule has 3 N–H and O–H groups in total. The average Bonchev–Trinajstić information content (AvgIpc) is 2.55. The molecule has 0 fully saturated rings. The third kappa shape index (κ3) is 5.66. The van der Waals surface area contributed by atoms with Crippen LogP contribution < -0.4 is 10.6 Å². The number of aromatic hydroxyl groups is 1. The molecule has 122 valence electrons. The van der Waals surface area contributed by atoms with Crippen molar-refractivity contribution in [2.45, 2.75) is 38.8 Å². The highest BCUT2D eigenvalue weighted by Crippen LogP contribution is 2.13. The van der Waals surface area contributed by atoms with Gasteiger partial charge in [0.1, 0.15) is 5.75 Å². The van der Waals surface area contributed by atoms with Crippen LogP contribution in [0.1, 0.15) is 37.4 Å². The number of hydrogen-bond acceptors (Lipinski definition) is 2. The number of phenolic OH excluding ortho intramolecular Hbond substituents is 1. The van der Waals surface area contributed by atoms with Gasteiger partial charge in [-0.25, -0.2) is 4.79 Å². The topological polar surface area (TPSA) is 61.4 Å². The fourth-order valence-electron chi connectivity index (χ4n) is 2.41. The zero-order chi connectivity index (χ0) is 16.7. The van der Waals surface area contributed by atoms with Gasteiger partial charge in [0, 0.05) is 6.04 Å². The standard InChI is InChI=1S/C19H24N2O2/c1-14(8-9-16-10-12-18(22)13-11-16)20-19(23)21-15(2)17-6-4-3-5-7-17/h3-7,10-15,22H,8-9H2,1-2H3,(H2,20,21,23). The summed E-state index contributed by atoms with van der Waals surface area (Å²) >= 11 is 0. The molecule has 4 nitrogen and oxygen atoms in total. The van der Waals surface area contributed by atoms with E-state index in [1.165, 1.54) is 0 Å². The second kappa shape index (κ2) is 8.22. The van der Waals surface area contributed by atoms with Crippen molar-refractivity contribution in [3.63, 3.8) is 0 Å². The number of nitrogens with one attached hydrogen (secondary N) is 2. The third-order valence-corrected chi connectivity index (χ3v) is 3.83. The highest BCUT2D eigenvalue weighted by molar-refractivity contribution is 5.74. The summed E-state index contributed by atoms with van der Waals surface area (Å²) in [6, 6.07) is 17.0. The summed E-state index contributed by atoms with van der Waals surface area (Å²) < 4.78 is 0. The van der Waals surface area contributed by atoms with E-state index in [1.54, 1.807) is 12.1 Å². The highest BCUT2D eigenvalue weighted by Gasteiger charge is 2.11. The monoisotopic (exact) mass is 312 g/mol. The molecule has 2 rings (SSSR count). The van der Waals surface area contributed by atoms with E-state index in [2.05, 4.69) is 10.6 Å². The molecule has 0 aliphatic carbocycles. The van der Waals surface area contributed by atoms with Crippen LogP contribution in [0.4, 0.5) is 4.79 Å². The molecule has 0 spiro atoms. The summed E-state index contributed by atoms with van der Waals surface area (Å²) in [4.78, 5) is 12.0. The van der Waals surface area contributed by atoms with Gasteiger partial charge in [0.25, 0.3) is 0 Å². The first kappa shape index (κ1) is 16.9. The van der Waals surface area contributed by atoms with Gasteiger partial charge in [-0.05, 0) is 49.9 Å². The highest BCUT2D eigenvalue weighted by atomic mass is 16.3. The molecule has 23 heavy (non-hydrogen) atoms. The first-order chi connectivity index (χ1) is 11.0. The Balaban J connectivity index is 1.75. The van der Waals surface area contributed by atoms with E-state index >= 15 is 0 Å². The minimum Gasteiger partial charge on any atom is -0.508 e. The molecule has 0 bridgehead atoms. The molecule has 0 aliphatic heterocycles. The minimum absolute atomic E-state index is 0.0273. The van der Waals surface area contributed by atoms with Gasteiger partial charge in [-0.3, -0.25) is 0 Å². The summed E-state index contributed by atoms with van der Waals surface area (Å²) in [6.45, 7) is 3.96. The van der Waals surface area contributed by atoms with E-state index in [0.29, 0.717) is 0 Å². The molecule has 0 radical (unpaired) electrons. The first-order valence-electron chi connectivity index (χ1n) is 7.94. The van der Waals surface area contributed by atoms with Crippen LogP contribution in [0.15, 0.2) is 54.6 Å². The molecule has 0 heterocycles. The SMILES string of the molecule is CC(CCc1ccc(O)cc1)NC(=O)NC(C)c1ccccc1. The van der Waals surface area contributed by atoms with Gasteiger partial charge in [0.05, 0.1) is 6.04 Å². The maximum atomic E-state index is 12.0. The Morgan fingerprint density at radius 2 is 1.65 bits per heavy atom. The lowest BCUT2D eigenvalue weighted by molar-refractivity contribution is 0.234. The predicted octanol–water partition coefficient (Wildman–Crippen LogP) is 3.77. The molecule has 2 aromatic carbocycles. The number of rotatable bonds is 6. The van der Waals surface area contributed by atoms with Crippen LogP contribution >= 0.6 is 0 Å². The largest absolute Gasteiger partial charge is 0.508 e. The number of hydrogen-bond donors (Lipinski definition) is 3. The van der Waals surface area contributed by atoms with Crippen molar-refractivity contribution in [2.75, 3.05) is 0 Å². The lowest BCUT2D eigenvalue weighted by Gasteiger charge is -2.18. The summed E-state index contributed by atoms with van der Waals surface area (Å²) in [7, 11) is 0. The fraction of sp³-hybridized carbons (Fsp3) is 0.316. The summed E-state index contributed by atoms with van der Waals surface area (Å²) in [5, 5.41) is 15.2. The van der Waals surface area contributed by atoms with Crippen LogP contribution in [-0.2, 0) is 6.42 Å². The second-order valence-corrected chi connectivity index (χ2v) is 5.86. The van der Waals surface area contributed by atoms with E-state index in [9.17, 15) is 9.90 Å². The number of phenols is 1. The van der Waals surface area contributed by atoms with Crippen molar-refractivity contribution in [3.05, 3.63) is 65.7 Å². The van der Waals surface area contributed by atoms with Gasteiger partial charge < -0.3 is 15.7 Å². The van der Waals surface area contributed by atoms with Crippen molar-refractivity contribution >= 4 is 6.03 Å². The van der Waals surface area contributed by atoms with Crippen molar-refractivity contribution in [1.29, 1.82) is 0 Å². The van der Waals surface area contributed by atoms with Crippen LogP contribution in [0.3, 0.4) is 0 Å². The summed E-state index contributed by atoms with van der Waals surface area (Å²) in [5.41, 5.74) is 2.23. The van der Waals surface area contributed by atoms with E-state index in [-0.39, 0.29) is 23.9 Å². The number of carbonyl (C=O) groups excluding carboxylic acids is 1. The molecule has 0 aromatic heterocycles. The van der Waals surface area contributed by atoms with Gasteiger partial charge in [0.15, 0.2) is 0 Å². The van der Waals surface area contributed by atoms with Crippen LogP contribution in [0.5, 0.6) is 5.75 Å². The lowest BCUT2D eigenvalue weighted by Crippen LogP contribution is -2.41. The van der Waals surface area contributed by atoms with Gasteiger partial charge in [-0.1, -0.05) is 42.5 Å². The maximum absolute atomic E-state index is 12.0. The Morgan fingerprint density at radius 3 is 2.30 bits per heavy atom. The van der Waals surface area contributed by atoms with E-state index < -0.39 is 0 Å². The molecule has 0 aliphatic rings. The van der Waals surface area contributed by atoms with Gasteiger partial charge in [0.2, 0.25) is 0 Å². The Labute approximate surface area is 137 Å². The molecular weight excluding hydrogens is 288 g/mol. The molecule has 2 amide bonds. The van der Waals surface area contributed by atoms with E-state index in [4.69, 9.17) is 0 Å². The molecule has 2 atom stereocenters. The maximum Gasteiger partial charge on any atom is 0.315 e. The zero-order valence-electron chi connectivity index (χ0n) is 13.6. The van der Waals surface area contributed by atoms with Crippen molar-refractivity contribution < 1.29 is 9.90 Å². The number of benzene rings is 2. The molecule has 2 unspecified atom stereocenters. The van der Waals surface area contributed by atoms with E-state index in [1.807, 2.05) is 56.3 Å². The van der Waals surface area contributed by atoms with Crippen LogP contribution in [0.2, 0.25) is 0 Å². The second-order valence-electron chi connectivity index (χ2n) is 5.86. The molecular formula is C19H24N2O2. The van der Waals surface area contributed by atoms with Gasteiger partial charge in [-0.15, -0.1) is 0 Å². The van der Waals surface area contributed by atoms with Crippen LogP contribution in [0, 0.1) is 0 Å². The van der Waals surface area contributed by atoms with Crippen molar-refractivity contribution in [1.82, 2.24) is 10.6 Å². The zero-order valence-corrected chi connectivity index (χ0v) is 13.6. The molecule has 0 saturated carbocycles. The fourth-order valence-corrected chi connectivity index (χ4v) is 2.41. The smallest absolute Gasteiger partial charge is 0.315 e. The summed E-state index contributed by atoms with van der Waals surface area (Å²) in [6.07, 6.45) is 1.70. The molecule has 4 heteroatoms.